The van der Waals surface area contributed by atoms with Crippen molar-refractivity contribution in [1.82, 2.24) is 10.6 Å². The number of rotatable bonds is 5. The van der Waals surface area contributed by atoms with Crippen LogP contribution < -0.4 is 15.8 Å². The summed E-state index contributed by atoms with van der Waals surface area (Å²) in [5.74, 6) is 0.668. The van der Waals surface area contributed by atoms with Gasteiger partial charge in [0, 0.05) is 13.6 Å². The van der Waals surface area contributed by atoms with Crippen LogP contribution in [0.5, 0.6) is 0 Å². The molecule has 0 saturated carbocycles. The Bertz CT molecular complexity index is 787. The van der Waals surface area contributed by atoms with Crippen LogP contribution in [0.15, 0.2) is 64.5 Å². The van der Waals surface area contributed by atoms with E-state index in [0.717, 1.165) is 11.1 Å². The minimum Gasteiger partial charge on any atom is -0.352 e. The monoisotopic (exact) mass is 346 g/mol. The first kappa shape index (κ1) is 18.0. The Morgan fingerprint density at radius 2 is 1.75 bits per heavy atom. The Hall–Kier alpha value is -2.38. The van der Waals surface area contributed by atoms with Crippen molar-refractivity contribution in [3.63, 3.8) is 0 Å². The van der Waals surface area contributed by atoms with Crippen molar-refractivity contribution in [2.45, 2.75) is 24.4 Å². The molecule has 0 spiro atoms. The zero-order chi connectivity index (χ0) is 17.6. The Morgan fingerprint density at radius 1 is 1.12 bits per heavy atom. The molecular formula is C17H22N4O2S. The van der Waals surface area contributed by atoms with Crippen LogP contribution in [-0.4, -0.2) is 21.4 Å². The lowest BCUT2D eigenvalue weighted by Gasteiger charge is -2.18. The summed E-state index contributed by atoms with van der Waals surface area (Å²) in [7, 11) is -1.95. The van der Waals surface area contributed by atoms with E-state index in [0.29, 0.717) is 12.5 Å². The predicted molar refractivity (Wildman–Crippen MR) is 96.0 cm³/mol. The highest BCUT2D eigenvalue weighted by molar-refractivity contribution is 7.89. The minimum absolute atomic E-state index is 0.103. The van der Waals surface area contributed by atoms with Gasteiger partial charge in [-0.05, 0) is 30.2 Å². The molecule has 0 aliphatic rings. The van der Waals surface area contributed by atoms with E-state index >= 15 is 0 Å². The molecule has 2 aromatic carbocycles. The maximum atomic E-state index is 11.2. The van der Waals surface area contributed by atoms with Crippen LogP contribution in [0.2, 0.25) is 0 Å². The summed E-state index contributed by atoms with van der Waals surface area (Å²) in [6.07, 6.45) is 0. The highest BCUT2D eigenvalue weighted by Gasteiger charge is 2.08. The van der Waals surface area contributed by atoms with Gasteiger partial charge in [-0.2, -0.15) is 0 Å². The maximum absolute atomic E-state index is 11.2. The molecule has 128 valence electrons. The molecule has 0 saturated heterocycles. The lowest BCUT2D eigenvalue weighted by Crippen LogP contribution is -2.38. The van der Waals surface area contributed by atoms with E-state index in [-0.39, 0.29) is 10.9 Å². The third-order valence-electron chi connectivity index (χ3n) is 3.59. The van der Waals surface area contributed by atoms with Crippen LogP contribution in [0.25, 0.3) is 0 Å². The summed E-state index contributed by atoms with van der Waals surface area (Å²) in [5.41, 5.74) is 2.09. The number of sulfonamides is 1. The number of nitrogens with one attached hydrogen (secondary N) is 2. The van der Waals surface area contributed by atoms with Gasteiger partial charge in [-0.1, -0.05) is 42.5 Å². The second kappa shape index (κ2) is 7.94. The Morgan fingerprint density at radius 3 is 2.29 bits per heavy atom. The van der Waals surface area contributed by atoms with E-state index in [1.807, 2.05) is 18.2 Å². The quantitative estimate of drug-likeness (QED) is 0.568. The zero-order valence-electron chi connectivity index (χ0n) is 13.7. The molecule has 1 atom stereocenters. The molecule has 1 unspecified atom stereocenters. The van der Waals surface area contributed by atoms with Gasteiger partial charge in [0.1, 0.15) is 0 Å². The summed E-state index contributed by atoms with van der Waals surface area (Å²) in [5, 5.41) is 11.6. The molecule has 0 aromatic heterocycles. The van der Waals surface area contributed by atoms with Gasteiger partial charge < -0.3 is 10.6 Å². The number of primary sulfonamides is 1. The fraction of sp³-hybridized carbons (Fsp3) is 0.235. The van der Waals surface area contributed by atoms with Gasteiger partial charge in [0.2, 0.25) is 10.0 Å². The largest absolute Gasteiger partial charge is 0.352 e. The predicted octanol–water partition coefficient (Wildman–Crippen LogP) is 1.76. The van der Waals surface area contributed by atoms with Crippen LogP contribution >= 0.6 is 0 Å². The van der Waals surface area contributed by atoms with Gasteiger partial charge in [0.15, 0.2) is 5.96 Å². The number of nitrogens with zero attached hydrogens (tertiary/aromatic N) is 1. The van der Waals surface area contributed by atoms with Crippen molar-refractivity contribution in [2.75, 3.05) is 7.05 Å². The van der Waals surface area contributed by atoms with E-state index in [1.165, 1.54) is 12.1 Å². The van der Waals surface area contributed by atoms with Crippen molar-refractivity contribution in [3.05, 3.63) is 65.7 Å². The maximum Gasteiger partial charge on any atom is 0.238 e. The summed E-state index contributed by atoms with van der Waals surface area (Å²) in [6.45, 7) is 2.58. The number of hydrogen-bond donors (Lipinski definition) is 3. The SMILES string of the molecule is CN=C(NCc1ccc(S(N)(=O)=O)cc1)NC(C)c1ccccc1. The Labute approximate surface area is 142 Å². The first-order chi connectivity index (χ1) is 11.4. The molecule has 0 radical (unpaired) electrons. The van der Waals surface area contributed by atoms with Gasteiger partial charge in [-0.3, -0.25) is 4.99 Å². The normalized spacial score (nSPS) is 13.4. The average molecular weight is 346 g/mol. The first-order valence-corrected chi connectivity index (χ1v) is 9.08. The molecule has 2 aromatic rings. The first-order valence-electron chi connectivity index (χ1n) is 7.54. The van der Waals surface area contributed by atoms with Crippen molar-refractivity contribution in [3.8, 4) is 0 Å². The van der Waals surface area contributed by atoms with E-state index < -0.39 is 10.0 Å². The van der Waals surface area contributed by atoms with E-state index in [9.17, 15) is 8.42 Å². The summed E-state index contributed by atoms with van der Waals surface area (Å²) in [4.78, 5) is 4.31. The second-order valence-corrected chi connectivity index (χ2v) is 6.95. The van der Waals surface area contributed by atoms with E-state index in [2.05, 4.69) is 34.7 Å². The van der Waals surface area contributed by atoms with Crippen LogP contribution in [0.3, 0.4) is 0 Å². The fourth-order valence-corrected chi connectivity index (χ4v) is 2.72. The van der Waals surface area contributed by atoms with Crippen molar-refractivity contribution < 1.29 is 8.42 Å². The van der Waals surface area contributed by atoms with Crippen molar-refractivity contribution in [1.29, 1.82) is 0 Å². The zero-order valence-corrected chi connectivity index (χ0v) is 14.5. The van der Waals surface area contributed by atoms with Gasteiger partial charge in [-0.15, -0.1) is 0 Å². The third-order valence-corrected chi connectivity index (χ3v) is 4.52. The lowest BCUT2D eigenvalue weighted by molar-refractivity contribution is 0.597. The van der Waals surface area contributed by atoms with Gasteiger partial charge in [0.05, 0.1) is 10.9 Å². The number of aliphatic imine (C=N–C) groups is 1. The van der Waals surface area contributed by atoms with Gasteiger partial charge in [0.25, 0.3) is 0 Å². The minimum atomic E-state index is -3.66. The summed E-state index contributed by atoms with van der Waals surface area (Å²) < 4.78 is 22.5. The molecule has 0 amide bonds. The number of benzene rings is 2. The van der Waals surface area contributed by atoms with E-state index in [1.54, 1.807) is 19.2 Å². The molecule has 0 heterocycles. The van der Waals surface area contributed by atoms with Crippen molar-refractivity contribution in [2.24, 2.45) is 10.1 Å². The van der Waals surface area contributed by atoms with Crippen LogP contribution in [0.1, 0.15) is 24.1 Å². The average Bonchev–Trinajstić information content (AvgIpc) is 2.58. The Balaban J connectivity index is 1.94. The molecular weight excluding hydrogens is 324 g/mol. The molecule has 0 aliphatic carbocycles. The smallest absolute Gasteiger partial charge is 0.238 e. The number of nitrogens with two attached hydrogens (primary N) is 1. The van der Waals surface area contributed by atoms with Crippen LogP contribution in [0, 0.1) is 0 Å². The lowest BCUT2D eigenvalue weighted by atomic mass is 10.1. The highest BCUT2D eigenvalue weighted by Crippen LogP contribution is 2.11. The van der Waals surface area contributed by atoms with Crippen LogP contribution in [0.4, 0.5) is 0 Å². The molecule has 4 N–H and O–H groups in total. The molecule has 7 heteroatoms. The fourth-order valence-electron chi connectivity index (χ4n) is 2.21. The number of guanidine groups is 1. The molecule has 0 bridgehead atoms. The molecule has 0 aliphatic heterocycles. The van der Waals surface area contributed by atoms with Crippen LogP contribution in [-0.2, 0) is 16.6 Å². The summed E-state index contributed by atoms with van der Waals surface area (Å²) in [6, 6.07) is 16.6. The van der Waals surface area contributed by atoms with Gasteiger partial charge in [-0.25, -0.2) is 13.6 Å². The molecule has 24 heavy (non-hydrogen) atoms. The summed E-state index contributed by atoms with van der Waals surface area (Å²) >= 11 is 0. The molecule has 2 rings (SSSR count). The Kier molecular flexibility index (Phi) is 5.94. The van der Waals surface area contributed by atoms with Crippen molar-refractivity contribution >= 4 is 16.0 Å². The third kappa shape index (κ3) is 5.07. The standard InChI is InChI=1S/C17H22N4O2S/c1-13(15-6-4-3-5-7-15)21-17(19-2)20-12-14-8-10-16(11-9-14)24(18,22)23/h3-11,13H,12H2,1-2H3,(H2,18,22,23)(H2,19,20,21). The molecule has 0 fully saturated rings. The molecule has 6 nitrogen and oxygen atoms in total. The second-order valence-electron chi connectivity index (χ2n) is 5.39. The topological polar surface area (TPSA) is 96.6 Å². The van der Waals surface area contributed by atoms with E-state index in [4.69, 9.17) is 5.14 Å². The van der Waals surface area contributed by atoms with Gasteiger partial charge >= 0.3 is 0 Å². The number of hydrogen-bond acceptors (Lipinski definition) is 3. The highest BCUT2D eigenvalue weighted by atomic mass is 32.2.